The Kier molecular flexibility index (Phi) is 5.43. The molecular weight excluding hydrogens is 257 g/mol. The molecule has 2 atom stereocenters. The van der Waals surface area contributed by atoms with E-state index in [1.54, 1.807) is 0 Å². The number of anilines is 1. The predicted octanol–water partition coefficient (Wildman–Crippen LogP) is 0.399. The lowest BCUT2D eigenvalue weighted by molar-refractivity contribution is -0.121. The van der Waals surface area contributed by atoms with Gasteiger partial charge >= 0.3 is 0 Å². The fourth-order valence-electron chi connectivity index (χ4n) is 1.22. The molecule has 1 rings (SSSR count). The quantitative estimate of drug-likeness (QED) is 0.779. The van der Waals surface area contributed by atoms with Crippen molar-refractivity contribution in [2.75, 3.05) is 26.1 Å². The molecule has 7 nitrogen and oxygen atoms in total. The zero-order valence-electron chi connectivity index (χ0n) is 10.9. The lowest BCUT2D eigenvalue weighted by Gasteiger charge is -2.14. The van der Waals surface area contributed by atoms with Gasteiger partial charge in [0.2, 0.25) is 23.6 Å². The van der Waals surface area contributed by atoms with E-state index in [-0.39, 0.29) is 17.7 Å². The first kappa shape index (κ1) is 15.1. The average molecular weight is 273 g/mol. The first-order chi connectivity index (χ1) is 9.01. The summed E-state index contributed by atoms with van der Waals surface area (Å²) in [5, 5.41) is 11.0. The number of rotatable bonds is 6. The van der Waals surface area contributed by atoms with E-state index in [4.69, 9.17) is 14.6 Å². The van der Waals surface area contributed by atoms with Gasteiger partial charge < -0.3 is 14.6 Å². The first-order valence-corrected chi connectivity index (χ1v) is 5.54. The second-order valence-corrected chi connectivity index (χ2v) is 3.75. The number of methoxy groups -OCH3 is 2. The highest BCUT2D eigenvalue weighted by Crippen LogP contribution is 2.18. The molecule has 2 unspecified atom stereocenters. The van der Waals surface area contributed by atoms with E-state index >= 15 is 0 Å². The van der Waals surface area contributed by atoms with Crippen molar-refractivity contribution in [3.8, 4) is 11.8 Å². The van der Waals surface area contributed by atoms with Gasteiger partial charge in [-0.2, -0.15) is 9.97 Å². The molecule has 1 amide bonds. The van der Waals surface area contributed by atoms with Crippen LogP contribution in [-0.2, 0) is 4.79 Å². The zero-order chi connectivity index (χ0) is 14.4. The highest BCUT2D eigenvalue weighted by atomic mass is 19.1. The number of ether oxygens (including phenoxy) is 2. The molecule has 106 valence electrons. The first-order valence-electron chi connectivity index (χ1n) is 5.54. The molecule has 0 aromatic carbocycles. The van der Waals surface area contributed by atoms with E-state index in [2.05, 4.69) is 15.3 Å². The van der Waals surface area contributed by atoms with E-state index < -0.39 is 24.6 Å². The Bertz CT molecular complexity index is 422. The van der Waals surface area contributed by atoms with Gasteiger partial charge in [0.05, 0.1) is 32.8 Å². The lowest BCUT2D eigenvalue weighted by atomic mass is 10.1. The number of amides is 1. The van der Waals surface area contributed by atoms with Crippen LogP contribution in [-0.4, -0.2) is 48.0 Å². The molecular formula is C11H16FN3O4. The van der Waals surface area contributed by atoms with E-state index in [1.807, 2.05) is 0 Å². The summed E-state index contributed by atoms with van der Waals surface area (Å²) in [7, 11) is 2.80. The fourth-order valence-corrected chi connectivity index (χ4v) is 1.22. The van der Waals surface area contributed by atoms with Gasteiger partial charge in [-0.3, -0.25) is 10.1 Å². The number of carbonyl (C=O) groups excluding carboxylic acids is 1. The van der Waals surface area contributed by atoms with E-state index in [1.165, 1.54) is 27.2 Å². The minimum atomic E-state index is -1.65. The van der Waals surface area contributed by atoms with Crippen molar-refractivity contribution in [2.45, 2.75) is 13.1 Å². The summed E-state index contributed by atoms with van der Waals surface area (Å²) in [4.78, 5) is 19.4. The van der Waals surface area contributed by atoms with Crippen molar-refractivity contribution in [2.24, 2.45) is 5.92 Å². The second-order valence-electron chi connectivity index (χ2n) is 3.75. The maximum Gasteiger partial charge on any atom is 0.236 e. The summed E-state index contributed by atoms with van der Waals surface area (Å²) in [6, 6.07) is 1.44. The summed E-state index contributed by atoms with van der Waals surface area (Å²) >= 11 is 0. The van der Waals surface area contributed by atoms with Gasteiger partial charge in [0, 0.05) is 0 Å². The molecule has 8 heteroatoms. The molecule has 0 fully saturated rings. The summed E-state index contributed by atoms with van der Waals surface area (Å²) in [6.45, 7) is 0.629. The number of nitrogens with one attached hydrogen (secondary N) is 1. The van der Waals surface area contributed by atoms with Gasteiger partial charge in [0.15, 0.2) is 0 Å². The maximum absolute atomic E-state index is 13.2. The number of nitrogens with zero attached hydrogens (tertiary/aromatic N) is 2. The Hall–Kier alpha value is -1.96. The van der Waals surface area contributed by atoms with Crippen LogP contribution in [0.5, 0.6) is 11.8 Å². The molecule has 0 aliphatic carbocycles. The molecule has 0 saturated heterocycles. The third kappa shape index (κ3) is 4.02. The average Bonchev–Trinajstić information content (AvgIpc) is 2.44. The Balaban J connectivity index is 2.84. The van der Waals surface area contributed by atoms with Crippen LogP contribution in [0.25, 0.3) is 0 Å². The molecule has 0 aliphatic rings. The van der Waals surface area contributed by atoms with Crippen LogP contribution in [0, 0.1) is 5.92 Å². The Labute approximate surface area is 109 Å². The Morgan fingerprint density at radius 1 is 1.42 bits per heavy atom. The number of halogens is 1. The molecule has 19 heavy (non-hydrogen) atoms. The number of hydrogen-bond donors (Lipinski definition) is 2. The summed E-state index contributed by atoms with van der Waals surface area (Å²) in [5.74, 6) is -1.32. The number of aliphatic hydroxyl groups excluding tert-OH is 1. The van der Waals surface area contributed by atoms with Gasteiger partial charge in [-0.25, -0.2) is 4.39 Å². The fraction of sp³-hybridized carbons (Fsp3) is 0.545. The van der Waals surface area contributed by atoms with Gasteiger partial charge in [-0.05, 0) is 0 Å². The van der Waals surface area contributed by atoms with Gasteiger partial charge in [-0.15, -0.1) is 0 Å². The largest absolute Gasteiger partial charge is 0.481 e. The van der Waals surface area contributed by atoms with Crippen molar-refractivity contribution >= 4 is 11.9 Å². The third-order valence-electron chi connectivity index (χ3n) is 2.46. The van der Waals surface area contributed by atoms with E-state index in [0.29, 0.717) is 0 Å². The van der Waals surface area contributed by atoms with E-state index in [0.717, 1.165) is 0 Å². The molecule has 0 spiro atoms. The van der Waals surface area contributed by atoms with Crippen molar-refractivity contribution in [1.82, 2.24) is 9.97 Å². The number of hydrogen-bond acceptors (Lipinski definition) is 6. The van der Waals surface area contributed by atoms with Crippen LogP contribution in [0.4, 0.5) is 10.3 Å². The van der Waals surface area contributed by atoms with Gasteiger partial charge in [0.25, 0.3) is 0 Å². The topological polar surface area (TPSA) is 93.6 Å². The number of aromatic nitrogens is 2. The molecule has 0 radical (unpaired) electrons. The van der Waals surface area contributed by atoms with Crippen molar-refractivity contribution in [3.63, 3.8) is 0 Å². The maximum atomic E-state index is 13.2. The molecule has 1 aromatic heterocycles. The summed E-state index contributed by atoms with van der Waals surface area (Å²) in [5.41, 5.74) is 0. The van der Waals surface area contributed by atoms with Crippen LogP contribution >= 0.6 is 0 Å². The second kappa shape index (κ2) is 6.83. The van der Waals surface area contributed by atoms with Gasteiger partial charge in [0.1, 0.15) is 6.17 Å². The zero-order valence-corrected chi connectivity index (χ0v) is 10.9. The molecule has 1 aromatic rings. The SMILES string of the molecule is COc1cc(OC)nc(NC(=O)C(C)C(F)CO)n1. The van der Waals surface area contributed by atoms with Crippen molar-refractivity contribution in [3.05, 3.63) is 6.07 Å². The predicted molar refractivity (Wildman–Crippen MR) is 64.9 cm³/mol. The molecule has 0 bridgehead atoms. The van der Waals surface area contributed by atoms with Crippen molar-refractivity contribution < 1.29 is 23.8 Å². The monoisotopic (exact) mass is 273 g/mol. The van der Waals surface area contributed by atoms with Crippen LogP contribution in [0.2, 0.25) is 0 Å². The van der Waals surface area contributed by atoms with Crippen LogP contribution < -0.4 is 14.8 Å². The number of carbonyl (C=O) groups is 1. The summed E-state index contributed by atoms with van der Waals surface area (Å²) < 4.78 is 23.0. The van der Waals surface area contributed by atoms with Crippen LogP contribution in [0.1, 0.15) is 6.92 Å². The normalized spacial score (nSPS) is 13.5. The molecule has 0 saturated carbocycles. The van der Waals surface area contributed by atoms with Gasteiger partial charge in [-0.1, -0.05) is 6.92 Å². The Morgan fingerprint density at radius 2 is 1.95 bits per heavy atom. The van der Waals surface area contributed by atoms with Crippen LogP contribution in [0.3, 0.4) is 0 Å². The minimum absolute atomic E-state index is 0.0572. The highest BCUT2D eigenvalue weighted by Gasteiger charge is 2.24. The smallest absolute Gasteiger partial charge is 0.236 e. The highest BCUT2D eigenvalue weighted by molar-refractivity contribution is 5.91. The Morgan fingerprint density at radius 3 is 2.37 bits per heavy atom. The molecule has 0 aliphatic heterocycles. The summed E-state index contributed by atoms with van der Waals surface area (Å²) in [6.07, 6.45) is -1.65. The standard InChI is InChI=1S/C11H16FN3O4/c1-6(7(12)5-16)10(17)15-11-13-8(18-2)4-9(14-11)19-3/h4,6-7,16H,5H2,1-3H3,(H,13,14,15,17). The third-order valence-corrected chi connectivity index (χ3v) is 2.46. The lowest BCUT2D eigenvalue weighted by Crippen LogP contribution is -2.30. The molecule has 1 heterocycles. The molecule has 2 N–H and O–H groups in total. The number of alkyl halides is 1. The number of aliphatic hydroxyl groups is 1. The van der Waals surface area contributed by atoms with E-state index in [9.17, 15) is 9.18 Å². The van der Waals surface area contributed by atoms with Crippen LogP contribution in [0.15, 0.2) is 6.07 Å². The minimum Gasteiger partial charge on any atom is -0.481 e. The van der Waals surface area contributed by atoms with Crippen molar-refractivity contribution in [1.29, 1.82) is 0 Å².